The van der Waals surface area contributed by atoms with E-state index in [1.54, 1.807) is 12.1 Å². The lowest BCUT2D eigenvalue weighted by Gasteiger charge is -2.23. The molecule has 0 aliphatic rings. The molecule has 0 spiro atoms. The van der Waals surface area contributed by atoms with Crippen molar-refractivity contribution in [2.45, 2.75) is 65.2 Å². The summed E-state index contributed by atoms with van der Waals surface area (Å²) in [5.41, 5.74) is 2.22. The number of phenolic OH excluding ortho intramolecular Hbond substituents is 2. The molecular weight excluding hydrogens is 328 g/mol. The predicted molar refractivity (Wildman–Crippen MR) is 113 cm³/mol. The van der Waals surface area contributed by atoms with E-state index in [2.05, 4.69) is 41.5 Å². The number of phenols is 2. The van der Waals surface area contributed by atoms with Gasteiger partial charge in [0.1, 0.15) is 11.5 Å². The van der Waals surface area contributed by atoms with Crippen LogP contribution in [0.4, 0.5) is 0 Å². The summed E-state index contributed by atoms with van der Waals surface area (Å²) in [4.78, 5) is 0. The summed E-state index contributed by atoms with van der Waals surface area (Å²) in [7, 11) is 0. The molecule has 140 valence electrons. The number of rotatable bonds is 4. The van der Waals surface area contributed by atoms with Crippen molar-refractivity contribution in [3.8, 4) is 11.5 Å². The number of hydrogen-bond donors (Lipinski definition) is 2. The summed E-state index contributed by atoms with van der Waals surface area (Å²) in [5.74, 6) is 0.814. The van der Waals surface area contributed by atoms with Gasteiger partial charge in [0.2, 0.25) is 0 Å². The van der Waals surface area contributed by atoms with Crippen molar-refractivity contribution in [2.24, 2.45) is 0 Å². The Balaban J connectivity index is 0.000000443. The number of aromatic hydroxyl groups is 2. The molecule has 3 heteroatoms. The maximum atomic E-state index is 9.58. The fraction of sp³-hybridized carbons (Fsp3) is 0.455. The van der Waals surface area contributed by atoms with E-state index in [9.17, 15) is 10.2 Å². The highest BCUT2D eigenvalue weighted by molar-refractivity contribution is 7.59. The Morgan fingerprint density at radius 3 is 1.16 bits per heavy atom. The van der Waals surface area contributed by atoms with Crippen LogP contribution < -0.4 is 0 Å². The van der Waals surface area contributed by atoms with Crippen molar-refractivity contribution in [1.29, 1.82) is 0 Å². The molecule has 2 aromatic rings. The zero-order valence-corrected chi connectivity index (χ0v) is 17.4. The first-order chi connectivity index (χ1) is 11.2. The van der Waals surface area contributed by atoms with Crippen LogP contribution in [0.2, 0.25) is 0 Å². The average Bonchev–Trinajstić information content (AvgIpc) is 2.56. The molecule has 0 saturated heterocycles. The van der Waals surface area contributed by atoms with Crippen LogP contribution in [0.15, 0.2) is 48.5 Å². The van der Waals surface area contributed by atoms with Gasteiger partial charge in [-0.2, -0.15) is 13.5 Å². The van der Waals surface area contributed by atoms with Crippen molar-refractivity contribution in [3.63, 3.8) is 0 Å². The topological polar surface area (TPSA) is 40.5 Å². The van der Waals surface area contributed by atoms with E-state index in [1.165, 1.54) is 0 Å². The fourth-order valence-corrected chi connectivity index (χ4v) is 2.47. The van der Waals surface area contributed by atoms with Crippen LogP contribution in [0, 0.1) is 0 Å². The van der Waals surface area contributed by atoms with Crippen LogP contribution in [0.1, 0.15) is 65.5 Å². The van der Waals surface area contributed by atoms with Gasteiger partial charge in [0.05, 0.1) is 0 Å². The summed E-state index contributed by atoms with van der Waals surface area (Å²) in [6.07, 6.45) is 2.06. The third kappa shape index (κ3) is 6.32. The molecule has 0 saturated carbocycles. The highest BCUT2D eigenvalue weighted by Crippen LogP contribution is 2.33. The minimum absolute atomic E-state index is 0. The normalized spacial score (nSPS) is 11.1. The number of para-hydroxylation sites is 2. The van der Waals surface area contributed by atoms with Gasteiger partial charge in [-0.05, 0) is 46.9 Å². The molecule has 25 heavy (non-hydrogen) atoms. The van der Waals surface area contributed by atoms with Crippen LogP contribution >= 0.6 is 13.5 Å². The van der Waals surface area contributed by atoms with Crippen LogP contribution in [-0.4, -0.2) is 10.2 Å². The molecule has 0 atom stereocenters. The molecule has 0 heterocycles. The monoisotopic (exact) mass is 362 g/mol. The van der Waals surface area contributed by atoms with Gasteiger partial charge in [-0.3, -0.25) is 0 Å². The van der Waals surface area contributed by atoms with E-state index in [4.69, 9.17) is 0 Å². The Bertz CT molecular complexity index is 590. The second-order valence-electron chi connectivity index (χ2n) is 7.51. The van der Waals surface area contributed by atoms with Gasteiger partial charge < -0.3 is 10.2 Å². The van der Waals surface area contributed by atoms with Gasteiger partial charge >= 0.3 is 0 Å². The number of hydrogen-bond acceptors (Lipinski definition) is 2. The highest BCUT2D eigenvalue weighted by atomic mass is 32.1. The first-order valence-corrected chi connectivity index (χ1v) is 8.72. The molecule has 0 aliphatic carbocycles. The molecule has 0 aliphatic heterocycles. The van der Waals surface area contributed by atoms with E-state index in [-0.39, 0.29) is 24.3 Å². The largest absolute Gasteiger partial charge is 0.508 e. The molecule has 2 aromatic carbocycles. The highest BCUT2D eigenvalue weighted by Gasteiger charge is 2.21. The van der Waals surface area contributed by atoms with Gasteiger partial charge in [0.15, 0.2) is 0 Å². The standard InChI is InChI=1S/2C11H16O.H2S/c2*1-4-11(2,3)9-7-5-6-8-10(9)12;/h2*5-8,12H,4H2,1-3H3;1H2. The molecule has 0 bridgehead atoms. The number of benzene rings is 2. The molecular formula is C22H34O2S. The SMILES string of the molecule is CCC(C)(C)c1ccccc1O.CCC(C)(C)c1ccccc1O.S. The molecule has 2 rings (SSSR count). The van der Waals surface area contributed by atoms with Crippen LogP contribution in [0.3, 0.4) is 0 Å². The van der Waals surface area contributed by atoms with Gasteiger partial charge in [-0.15, -0.1) is 0 Å². The summed E-state index contributed by atoms with van der Waals surface area (Å²) < 4.78 is 0. The molecule has 0 aromatic heterocycles. The van der Waals surface area contributed by atoms with Crippen molar-refractivity contribution >= 4 is 13.5 Å². The first kappa shape index (κ1) is 23.4. The van der Waals surface area contributed by atoms with Gasteiger partial charge in [0.25, 0.3) is 0 Å². The van der Waals surface area contributed by atoms with Crippen molar-refractivity contribution in [2.75, 3.05) is 0 Å². The van der Waals surface area contributed by atoms with Gasteiger partial charge in [-0.25, -0.2) is 0 Å². The van der Waals surface area contributed by atoms with E-state index in [0.717, 1.165) is 24.0 Å². The molecule has 0 amide bonds. The lowest BCUT2D eigenvalue weighted by Crippen LogP contribution is -2.15. The summed E-state index contributed by atoms with van der Waals surface area (Å²) in [5, 5.41) is 19.2. The third-order valence-corrected chi connectivity index (χ3v) is 5.03. The van der Waals surface area contributed by atoms with Crippen LogP contribution in [-0.2, 0) is 10.8 Å². The Labute approximate surface area is 160 Å². The maximum absolute atomic E-state index is 9.58. The van der Waals surface area contributed by atoms with Crippen LogP contribution in [0.5, 0.6) is 11.5 Å². The average molecular weight is 363 g/mol. The lowest BCUT2D eigenvalue weighted by molar-refractivity contribution is 0.428. The van der Waals surface area contributed by atoms with Crippen molar-refractivity contribution in [1.82, 2.24) is 0 Å². The summed E-state index contributed by atoms with van der Waals surface area (Å²) >= 11 is 0. The Morgan fingerprint density at radius 2 is 0.920 bits per heavy atom. The van der Waals surface area contributed by atoms with Gasteiger partial charge in [-0.1, -0.05) is 77.9 Å². The smallest absolute Gasteiger partial charge is 0.119 e. The van der Waals surface area contributed by atoms with Crippen LogP contribution in [0.25, 0.3) is 0 Å². The summed E-state index contributed by atoms with van der Waals surface area (Å²) in [6.45, 7) is 12.8. The van der Waals surface area contributed by atoms with E-state index in [0.29, 0.717) is 11.5 Å². The zero-order valence-electron chi connectivity index (χ0n) is 16.4. The minimum atomic E-state index is 0. The maximum Gasteiger partial charge on any atom is 0.119 e. The fourth-order valence-electron chi connectivity index (χ4n) is 2.47. The van der Waals surface area contributed by atoms with E-state index in [1.807, 2.05) is 36.4 Å². The molecule has 0 fully saturated rings. The lowest BCUT2D eigenvalue weighted by atomic mass is 9.82. The third-order valence-electron chi connectivity index (χ3n) is 5.03. The van der Waals surface area contributed by atoms with Gasteiger partial charge in [0, 0.05) is 0 Å². The second kappa shape index (κ2) is 9.76. The Morgan fingerprint density at radius 1 is 0.640 bits per heavy atom. The molecule has 2 N–H and O–H groups in total. The predicted octanol–water partition coefficient (Wildman–Crippen LogP) is 6.27. The quantitative estimate of drug-likeness (QED) is 0.672. The molecule has 0 unspecified atom stereocenters. The minimum Gasteiger partial charge on any atom is -0.508 e. The van der Waals surface area contributed by atoms with E-state index >= 15 is 0 Å². The second-order valence-corrected chi connectivity index (χ2v) is 7.51. The molecule has 2 nitrogen and oxygen atoms in total. The first-order valence-electron chi connectivity index (χ1n) is 8.72. The Hall–Kier alpha value is -1.61. The zero-order chi connectivity index (χ0) is 18.4. The van der Waals surface area contributed by atoms with Crippen molar-refractivity contribution < 1.29 is 10.2 Å². The Kier molecular flexibility index (Phi) is 9.14. The van der Waals surface area contributed by atoms with Crippen molar-refractivity contribution in [3.05, 3.63) is 59.7 Å². The summed E-state index contributed by atoms with van der Waals surface area (Å²) in [6, 6.07) is 15.1. The molecule has 0 radical (unpaired) electrons. The van der Waals surface area contributed by atoms with E-state index < -0.39 is 0 Å².